The maximum atomic E-state index is 12.1. The summed E-state index contributed by atoms with van der Waals surface area (Å²) in [6, 6.07) is 11.3. The number of aromatic carboxylic acids is 1. The monoisotopic (exact) mass is 254 g/mol. The van der Waals surface area contributed by atoms with Gasteiger partial charge in [0, 0.05) is 5.69 Å². The minimum atomic E-state index is -1.27. The quantitative estimate of drug-likeness (QED) is 0.884. The Kier molecular flexibility index (Phi) is 3.17. The highest BCUT2D eigenvalue weighted by molar-refractivity contribution is 5.87. The SMILES string of the molecule is Cc1ccc(C(=O)O)c(=O)n1-c1cccc(C#N)c1. The summed E-state index contributed by atoms with van der Waals surface area (Å²) in [4.78, 5) is 23.1. The van der Waals surface area contributed by atoms with Gasteiger partial charge in [-0.3, -0.25) is 9.36 Å². The average Bonchev–Trinajstić information content (AvgIpc) is 2.38. The van der Waals surface area contributed by atoms with Crippen molar-refractivity contribution in [2.24, 2.45) is 0 Å². The average molecular weight is 254 g/mol. The van der Waals surface area contributed by atoms with Crippen molar-refractivity contribution in [1.82, 2.24) is 4.57 Å². The predicted molar refractivity (Wildman–Crippen MR) is 68.5 cm³/mol. The van der Waals surface area contributed by atoms with E-state index in [9.17, 15) is 9.59 Å². The predicted octanol–water partition coefficient (Wildman–Crippen LogP) is 1.72. The molecule has 0 saturated carbocycles. The Morgan fingerprint density at radius 3 is 2.68 bits per heavy atom. The van der Waals surface area contributed by atoms with Gasteiger partial charge in [-0.2, -0.15) is 5.26 Å². The topological polar surface area (TPSA) is 83.1 Å². The molecule has 2 rings (SSSR count). The first-order valence-electron chi connectivity index (χ1n) is 5.51. The molecule has 19 heavy (non-hydrogen) atoms. The Hall–Kier alpha value is -2.87. The smallest absolute Gasteiger partial charge is 0.341 e. The molecule has 0 radical (unpaired) electrons. The van der Waals surface area contributed by atoms with Gasteiger partial charge in [0.25, 0.3) is 5.56 Å². The number of pyridine rings is 1. The highest BCUT2D eigenvalue weighted by Gasteiger charge is 2.13. The van der Waals surface area contributed by atoms with Crippen molar-refractivity contribution in [1.29, 1.82) is 5.26 Å². The van der Waals surface area contributed by atoms with Crippen molar-refractivity contribution in [3.8, 4) is 11.8 Å². The van der Waals surface area contributed by atoms with E-state index in [0.29, 0.717) is 16.9 Å². The Balaban J connectivity index is 2.75. The van der Waals surface area contributed by atoms with Gasteiger partial charge in [0.1, 0.15) is 5.56 Å². The van der Waals surface area contributed by atoms with Crippen molar-refractivity contribution in [2.75, 3.05) is 0 Å². The molecule has 94 valence electrons. The van der Waals surface area contributed by atoms with Gasteiger partial charge in [-0.25, -0.2) is 4.79 Å². The number of aryl methyl sites for hydroxylation is 1. The lowest BCUT2D eigenvalue weighted by molar-refractivity contribution is 0.0694. The van der Waals surface area contributed by atoms with Crippen LogP contribution in [0.3, 0.4) is 0 Å². The van der Waals surface area contributed by atoms with Crippen molar-refractivity contribution < 1.29 is 9.90 Å². The molecule has 2 aromatic rings. The molecule has 0 bridgehead atoms. The highest BCUT2D eigenvalue weighted by atomic mass is 16.4. The van der Waals surface area contributed by atoms with E-state index in [4.69, 9.17) is 10.4 Å². The van der Waals surface area contributed by atoms with Gasteiger partial charge >= 0.3 is 5.97 Å². The number of hydrogen-bond donors (Lipinski definition) is 1. The molecule has 0 atom stereocenters. The first-order valence-corrected chi connectivity index (χ1v) is 5.51. The number of carboxylic acids is 1. The number of carboxylic acid groups (broad SMARTS) is 1. The molecule has 1 aromatic heterocycles. The summed E-state index contributed by atoms with van der Waals surface area (Å²) in [6.07, 6.45) is 0. The Bertz CT molecular complexity index is 754. The molecule has 0 aliphatic carbocycles. The standard InChI is InChI=1S/C14H10N2O3/c1-9-5-6-12(14(18)19)13(17)16(9)11-4-2-3-10(7-11)8-15/h2-7H,1H3,(H,18,19). The third kappa shape index (κ3) is 2.24. The fraction of sp³-hybridized carbons (Fsp3) is 0.0714. The van der Waals surface area contributed by atoms with E-state index in [2.05, 4.69) is 0 Å². The van der Waals surface area contributed by atoms with Crippen LogP contribution in [0.2, 0.25) is 0 Å². The van der Waals surface area contributed by atoms with Crippen molar-refractivity contribution in [3.63, 3.8) is 0 Å². The lowest BCUT2D eigenvalue weighted by Gasteiger charge is -2.10. The summed E-state index contributed by atoms with van der Waals surface area (Å²) in [5, 5.41) is 17.8. The number of nitriles is 1. The number of benzene rings is 1. The fourth-order valence-corrected chi connectivity index (χ4v) is 1.83. The fourth-order valence-electron chi connectivity index (χ4n) is 1.83. The van der Waals surface area contributed by atoms with Gasteiger partial charge in [-0.1, -0.05) is 6.07 Å². The minimum absolute atomic E-state index is 0.298. The van der Waals surface area contributed by atoms with E-state index in [-0.39, 0.29) is 5.56 Å². The molecular formula is C14H10N2O3. The first-order chi connectivity index (χ1) is 9.04. The second kappa shape index (κ2) is 4.78. The van der Waals surface area contributed by atoms with Crippen molar-refractivity contribution in [3.05, 3.63) is 63.6 Å². The van der Waals surface area contributed by atoms with E-state index in [0.717, 1.165) is 0 Å². The van der Waals surface area contributed by atoms with Crippen molar-refractivity contribution in [2.45, 2.75) is 6.92 Å². The summed E-state index contributed by atoms with van der Waals surface area (Å²) < 4.78 is 1.28. The maximum absolute atomic E-state index is 12.1. The molecule has 0 aliphatic rings. The largest absolute Gasteiger partial charge is 0.477 e. The van der Waals surface area contributed by atoms with Crippen LogP contribution < -0.4 is 5.56 Å². The van der Waals surface area contributed by atoms with Gasteiger partial charge in [-0.15, -0.1) is 0 Å². The molecule has 1 heterocycles. The summed E-state index contributed by atoms with van der Waals surface area (Å²) in [6.45, 7) is 1.70. The summed E-state index contributed by atoms with van der Waals surface area (Å²) in [7, 11) is 0. The molecule has 0 unspecified atom stereocenters. The van der Waals surface area contributed by atoms with Gasteiger partial charge in [-0.05, 0) is 37.3 Å². The zero-order valence-corrected chi connectivity index (χ0v) is 10.1. The molecular weight excluding hydrogens is 244 g/mol. The highest BCUT2D eigenvalue weighted by Crippen LogP contribution is 2.11. The summed E-state index contributed by atoms with van der Waals surface area (Å²) >= 11 is 0. The van der Waals surface area contributed by atoms with E-state index >= 15 is 0 Å². The Labute approximate surface area is 109 Å². The molecule has 5 nitrogen and oxygen atoms in total. The van der Waals surface area contributed by atoms with Gasteiger partial charge in [0.15, 0.2) is 0 Å². The lowest BCUT2D eigenvalue weighted by Crippen LogP contribution is -2.26. The normalized spacial score (nSPS) is 9.89. The van der Waals surface area contributed by atoms with Gasteiger partial charge in [0.2, 0.25) is 0 Å². The third-order valence-electron chi connectivity index (χ3n) is 2.74. The van der Waals surface area contributed by atoms with Gasteiger partial charge < -0.3 is 5.11 Å². The van der Waals surface area contributed by atoms with Crippen LogP contribution in [-0.2, 0) is 0 Å². The minimum Gasteiger partial charge on any atom is -0.477 e. The van der Waals surface area contributed by atoms with Crippen LogP contribution >= 0.6 is 0 Å². The van der Waals surface area contributed by atoms with Crippen LogP contribution in [0.4, 0.5) is 0 Å². The molecule has 0 spiro atoms. The van der Waals surface area contributed by atoms with Crippen LogP contribution in [0.15, 0.2) is 41.2 Å². The molecule has 0 saturated heterocycles. The molecule has 1 N–H and O–H groups in total. The maximum Gasteiger partial charge on any atom is 0.341 e. The number of hydrogen-bond acceptors (Lipinski definition) is 3. The third-order valence-corrected chi connectivity index (χ3v) is 2.74. The van der Waals surface area contributed by atoms with E-state index in [1.807, 2.05) is 6.07 Å². The van der Waals surface area contributed by atoms with Gasteiger partial charge in [0.05, 0.1) is 17.3 Å². The van der Waals surface area contributed by atoms with Crippen molar-refractivity contribution >= 4 is 5.97 Å². The van der Waals surface area contributed by atoms with Crippen LogP contribution in [0.5, 0.6) is 0 Å². The van der Waals surface area contributed by atoms with E-state index in [1.54, 1.807) is 37.3 Å². The second-order valence-corrected chi connectivity index (χ2v) is 4.00. The summed E-state index contributed by atoms with van der Waals surface area (Å²) in [5.74, 6) is -1.27. The Morgan fingerprint density at radius 2 is 2.05 bits per heavy atom. The molecule has 0 fully saturated rings. The number of carbonyl (C=O) groups is 1. The molecule has 0 amide bonds. The van der Waals surface area contributed by atoms with Crippen LogP contribution in [-0.4, -0.2) is 15.6 Å². The molecule has 0 aliphatic heterocycles. The van der Waals surface area contributed by atoms with E-state index in [1.165, 1.54) is 10.6 Å². The number of aromatic nitrogens is 1. The second-order valence-electron chi connectivity index (χ2n) is 4.00. The van der Waals surface area contributed by atoms with Crippen LogP contribution in [0.1, 0.15) is 21.6 Å². The lowest BCUT2D eigenvalue weighted by atomic mass is 10.2. The van der Waals surface area contributed by atoms with Crippen LogP contribution in [0, 0.1) is 18.3 Å². The van der Waals surface area contributed by atoms with E-state index < -0.39 is 11.5 Å². The molecule has 5 heteroatoms. The first kappa shape index (κ1) is 12.6. The zero-order valence-electron chi connectivity index (χ0n) is 10.1. The van der Waals surface area contributed by atoms with Crippen LogP contribution in [0.25, 0.3) is 5.69 Å². The Morgan fingerprint density at radius 1 is 1.32 bits per heavy atom. The zero-order chi connectivity index (χ0) is 14.0. The molecule has 1 aromatic carbocycles. The number of rotatable bonds is 2. The summed E-state index contributed by atoms with van der Waals surface area (Å²) in [5.41, 5.74) is 0.579. The number of nitrogens with zero attached hydrogens (tertiary/aromatic N) is 2.